The number of aromatic amines is 1. The van der Waals surface area contributed by atoms with Gasteiger partial charge in [0.1, 0.15) is 11.0 Å². The van der Waals surface area contributed by atoms with Gasteiger partial charge < -0.3 is 4.98 Å². The van der Waals surface area contributed by atoms with E-state index >= 15 is 0 Å². The molecule has 92 valence electrons. The number of benzene rings is 1. The lowest BCUT2D eigenvalue weighted by molar-refractivity contribution is -0.144. The molecule has 1 N–H and O–H groups in total. The standard InChI is InChI=1S/C9H4F6N2/c1-2-3(10)5(12)7-6(4(2)11)16-8(17-7)9(13,14)15/h1H3,(H,16,17). The predicted octanol–water partition coefficient (Wildman–Crippen LogP) is 3.31. The highest BCUT2D eigenvalue weighted by atomic mass is 19.4. The van der Waals surface area contributed by atoms with Crippen LogP contribution in [0.25, 0.3) is 11.0 Å². The number of H-pyrrole nitrogens is 1. The van der Waals surface area contributed by atoms with Crippen LogP contribution in [0.2, 0.25) is 0 Å². The number of hydrogen-bond acceptors (Lipinski definition) is 1. The molecule has 0 saturated heterocycles. The molecule has 0 radical (unpaired) electrons. The Labute approximate surface area is 90.3 Å². The molecule has 1 aromatic carbocycles. The fourth-order valence-corrected chi connectivity index (χ4v) is 1.38. The van der Waals surface area contributed by atoms with Crippen molar-refractivity contribution in [1.29, 1.82) is 0 Å². The smallest absolute Gasteiger partial charge is 0.332 e. The highest BCUT2D eigenvalue weighted by Gasteiger charge is 2.36. The van der Waals surface area contributed by atoms with Gasteiger partial charge in [0, 0.05) is 5.56 Å². The van der Waals surface area contributed by atoms with Crippen LogP contribution in [0.1, 0.15) is 11.4 Å². The molecule has 0 amide bonds. The van der Waals surface area contributed by atoms with Gasteiger partial charge >= 0.3 is 6.18 Å². The lowest BCUT2D eigenvalue weighted by Crippen LogP contribution is -2.06. The van der Waals surface area contributed by atoms with Crippen molar-refractivity contribution in [2.24, 2.45) is 0 Å². The maximum Gasteiger partial charge on any atom is 0.449 e. The van der Waals surface area contributed by atoms with Gasteiger partial charge in [-0.15, -0.1) is 0 Å². The first-order valence-corrected chi connectivity index (χ1v) is 4.33. The summed E-state index contributed by atoms with van der Waals surface area (Å²) >= 11 is 0. The topological polar surface area (TPSA) is 28.7 Å². The second-order valence-corrected chi connectivity index (χ2v) is 3.37. The molecule has 0 saturated carbocycles. The zero-order chi connectivity index (χ0) is 13.0. The Morgan fingerprint density at radius 3 is 2.12 bits per heavy atom. The monoisotopic (exact) mass is 254 g/mol. The summed E-state index contributed by atoms with van der Waals surface area (Å²) in [5.41, 5.74) is -2.50. The molecule has 1 aromatic heterocycles. The summed E-state index contributed by atoms with van der Waals surface area (Å²) in [6.07, 6.45) is -4.89. The molecule has 0 aliphatic rings. The Morgan fingerprint density at radius 2 is 1.59 bits per heavy atom. The molecule has 0 fully saturated rings. The first-order chi connectivity index (χ1) is 7.73. The van der Waals surface area contributed by atoms with E-state index in [-0.39, 0.29) is 0 Å². The number of hydrogen-bond donors (Lipinski definition) is 1. The molecule has 0 atom stereocenters. The lowest BCUT2D eigenvalue weighted by atomic mass is 10.2. The average molecular weight is 254 g/mol. The largest absolute Gasteiger partial charge is 0.449 e. The van der Waals surface area contributed by atoms with E-state index in [9.17, 15) is 26.3 Å². The van der Waals surface area contributed by atoms with Gasteiger partial charge in [0.2, 0.25) is 5.82 Å². The summed E-state index contributed by atoms with van der Waals surface area (Å²) in [7, 11) is 0. The second kappa shape index (κ2) is 3.38. The SMILES string of the molecule is Cc1c(F)c(F)c2nc(C(F)(F)F)[nH]c2c1F. The van der Waals surface area contributed by atoms with E-state index in [0.717, 1.165) is 6.92 Å². The summed E-state index contributed by atoms with van der Waals surface area (Å²) in [5.74, 6) is -6.02. The van der Waals surface area contributed by atoms with E-state index in [0.29, 0.717) is 0 Å². The Bertz CT molecular complexity index is 553. The van der Waals surface area contributed by atoms with Crippen LogP contribution in [-0.2, 0) is 6.18 Å². The molecule has 1 heterocycles. The minimum Gasteiger partial charge on any atom is -0.332 e. The first kappa shape index (κ1) is 11.7. The fourth-order valence-electron chi connectivity index (χ4n) is 1.38. The van der Waals surface area contributed by atoms with Crippen molar-refractivity contribution in [2.45, 2.75) is 13.1 Å². The molecule has 0 unspecified atom stereocenters. The van der Waals surface area contributed by atoms with Crippen LogP contribution >= 0.6 is 0 Å². The van der Waals surface area contributed by atoms with E-state index in [1.165, 1.54) is 0 Å². The van der Waals surface area contributed by atoms with Crippen LogP contribution in [0.4, 0.5) is 26.3 Å². The summed E-state index contributed by atoms with van der Waals surface area (Å²) in [5, 5.41) is 0. The van der Waals surface area contributed by atoms with Gasteiger partial charge in [-0.1, -0.05) is 0 Å². The Balaban J connectivity index is 2.86. The highest BCUT2D eigenvalue weighted by Crippen LogP contribution is 2.31. The van der Waals surface area contributed by atoms with Crippen LogP contribution in [0, 0.1) is 24.4 Å². The number of nitrogens with zero attached hydrogens (tertiary/aromatic N) is 1. The second-order valence-electron chi connectivity index (χ2n) is 3.37. The number of halogens is 6. The zero-order valence-electron chi connectivity index (χ0n) is 8.22. The molecule has 8 heteroatoms. The number of fused-ring (bicyclic) bond motifs is 1. The number of aromatic nitrogens is 2. The predicted molar refractivity (Wildman–Crippen MR) is 45.7 cm³/mol. The Kier molecular flexibility index (Phi) is 2.33. The van der Waals surface area contributed by atoms with Gasteiger partial charge in [-0.25, -0.2) is 18.2 Å². The Hall–Kier alpha value is -1.73. The summed E-state index contributed by atoms with van der Waals surface area (Å²) in [6.45, 7) is 0.918. The van der Waals surface area contributed by atoms with Crippen LogP contribution in [0.5, 0.6) is 0 Å². The lowest BCUT2D eigenvalue weighted by Gasteiger charge is -2.00. The highest BCUT2D eigenvalue weighted by molar-refractivity contribution is 5.77. The van der Waals surface area contributed by atoms with Crippen LogP contribution in [-0.4, -0.2) is 9.97 Å². The number of imidazole rings is 1. The number of nitrogens with one attached hydrogen (secondary N) is 1. The average Bonchev–Trinajstić information content (AvgIpc) is 2.67. The van der Waals surface area contributed by atoms with Crippen molar-refractivity contribution in [2.75, 3.05) is 0 Å². The van der Waals surface area contributed by atoms with Crippen molar-refractivity contribution >= 4 is 11.0 Å². The van der Waals surface area contributed by atoms with E-state index in [1.54, 1.807) is 4.98 Å². The van der Waals surface area contributed by atoms with Crippen molar-refractivity contribution in [1.82, 2.24) is 9.97 Å². The van der Waals surface area contributed by atoms with E-state index in [4.69, 9.17) is 0 Å². The molecule has 0 aliphatic heterocycles. The summed E-state index contributed by atoms with van der Waals surface area (Å²) < 4.78 is 76.5. The molecule has 17 heavy (non-hydrogen) atoms. The third-order valence-corrected chi connectivity index (χ3v) is 2.25. The zero-order valence-corrected chi connectivity index (χ0v) is 8.22. The maximum atomic E-state index is 13.4. The number of rotatable bonds is 0. The molecule has 2 aromatic rings. The quantitative estimate of drug-likeness (QED) is 0.567. The molecule has 0 bridgehead atoms. The molecular formula is C9H4F6N2. The van der Waals surface area contributed by atoms with Crippen molar-refractivity contribution in [3.8, 4) is 0 Å². The van der Waals surface area contributed by atoms with Gasteiger partial charge in [0.05, 0.1) is 0 Å². The van der Waals surface area contributed by atoms with Crippen molar-refractivity contribution in [3.63, 3.8) is 0 Å². The van der Waals surface area contributed by atoms with Crippen molar-refractivity contribution < 1.29 is 26.3 Å². The van der Waals surface area contributed by atoms with E-state index < -0.39 is 46.0 Å². The third-order valence-electron chi connectivity index (χ3n) is 2.25. The van der Waals surface area contributed by atoms with Crippen LogP contribution in [0.3, 0.4) is 0 Å². The summed E-state index contributed by atoms with van der Waals surface area (Å²) in [6, 6.07) is 0. The van der Waals surface area contributed by atoms with Gasteiger partial charge in [-0.05, 0) is 6.92 Å². The number of alkyl halides is 3. The molecule has 2 nitrogen and oxygen atoms in total. The van der Waals surface area contributed by atoms with Crippen LogP contribution in [0.15, 0.2) is 0 Å². The molecular weight excluding hydrogens is 250 g/mol. The molecule has 0 spiro atoms. The fraction of sp³-hybridized carbons (Fsp3) is 0.222. The molecule has 0 aliphatic carbocycles. The molecule has 2 rings (SSSR count). The van der Waals surface area contributed by atoms with Crippen LogP contribution < -0.4 is 0 Å². The van der Waals surface area contributed by atoms with Gasteiger partial charge in [0.15, 0.2) is 17.5 Å². The Morgan fingerprint density at radius 1 is 1.00 bits per heavy atom. The van der Waals surface area contributed by atoms with Gasteiger partial charge in [-0.3, -0.25) is 0 Å². The minimum absolute atomic E-state index is 0.702. The van der Waals surface area contributed by atoms with E-state index in [2.05, 4.69) is 4.98 Å². The first-order valence-electron chi connectivity index (χ1n) is 4.33. The normalized spacial score (nSPS) is 12.4. The van der Waals surface area contributed by atoms with Gasteiger partial charge in [-0.2, -0.15) is 13.2 Å². The van der Waals surface area contributed by atoms with E-state index in [1.807, 2.05) is 0 Å². The minimum atomic E-state index is -4.89. The van der Waals surface area contributed by atoms with Gasteiger partial charge in [0.25, 0.3) is 0 Å². The summed E-state index contributed by atoms with van der Waals surface area (Å²) in [4.78, 5) is 4.41. The third kappa shape index (κ3) is 1.63. The maximum absolute atomic E-state index is 13.4. The van der Waals surface area contributed by atoms with Crippen molar-refractivity contribution in [3.05, 3.63) is 28.8 Å².